The van der Waals surface area contributed by atoms with Crippen LogP contribution < -0.4 is 4.90 Å². The Morgan fingerprint density at radius 2 is 1.64 bits per heavy atom. The van der Waals surface area contributed by atoms with E-state index in [0.29, 0.717) is 31.6 Å². The Morgan fingerprint density at radius 3 is 2.18 bits per heavy atom. The zero-order valence-electron chi connectivity index (χ0n) is 25.5. The van der Waals surface area contributed by atoms with Crippen molar-refractivity contribution in [2.45, 2.75) is 101 Å². The first kappa shape index (κ1) is 29.1. The molecule has 1 aromatic heterocycles. The van der Waals surface area contributed by atoms with Crippen LogP contribution in [0.25, 0.3) is 16.0 Å². The van der Waals surface area contributed by atoms with Crippen LogP contribution >= 0.6 is 0 Å². The van der Waals surface area contributed by atoms with Gasteiger partial charge in [-0.2, -0.15) is 13.8 Å². The molecule has 6 aliphatic carbocycles. The van der Waals surface area contributed by atoms with Crippen LogP contribution in [-0.4, -0.2) is 33.2 Å². The van der Waals surface area contributed by atoms with Gasteiger partial charge in [-0.05, 0) is 86.6 Å². The molecular formula is C35H38F2N4O3. The van der Waals surface area contributed by atoms with Crippen LogP contribution in [0.15, 0.2) is 53.1 Å². The summed E-state index contributed by atoms with van der Waals surface area (Å²) in [4.78, 5) is 24.3. The summed E-state index contributed by atoms with van der Waals surface area (Å²) >= 11 is 0. The standard InChI is InChI=1S/C35H38F2N4O3/c1-30(2,43)25-10-8-23(9-11-25)24-6-5-7-26(18-24)41(29(42)34-19-35(20-34,21-34)38-4)22-32-12-15-33(16-13-32,17-14-32)27-39-28(44-40-27)31(3,36)37/h5-11,18,43H,12-17,19-22H2,1-3H3. The van der Waals surface area contributed by atoms with Gasteiger partial charge in [0, 0.05) is 43.8 Å². The molecule has 9 rings (SSSR count). The van der Waals surface area contributed by atoms with Crippen LogP contribution in [-0.2, 0) is 21.7 Å². The molecule has 0 unspecified atom stereocenters. The number of alkyl halides is 2. The van der Waals surface area contributed by atoms with Crippen molar-refractivity contribution in [3.05, 3.63) is 77.2 Å². The van der Waals surface area contributed by atoms with Crippen molar-refractivity contribution in [3.8, 4) is 11.1 Å². The highest BCUT2D eigenvalue weighted by molar-refractivity contribution is 6.01. The van der Waals surface area contributed by atoms with E-state index in [9.17, 15) is 18.7 Å². The minimum Gasteiger partial charge on any atom is -0.386 e. The lowest BCUT2D eigenvalue weighted by atomic mass is 9.39. The van der Waals surface area contributed by atoms with Gasteiger partial charge in [0.1, 0.15) is 0 Å². The summed E-state index contributed by atoms with van der Waals surface area (Å²) in [7, 11) is 0. The number of carbonyl (C=O) groups excluding carboxylic acids is 1. The van der Waals surface area contributed by atoms with Crippen molar-refractivity contribution >= 4 is 11.6 Å². The normalized spacial score (nSPS) is 30.7. The van der Waals surface area contributed by atoms with Crippen LogP contribution in [0.2, 0.25) is 0 Å². The summed E-state index contributed by atoms with van der Waals surface area (Å²) in [6.07, 6.45) is 6.75. The predicted molar refractivity (Wildman–Crippen MR) is 161 cm³/mol. The topological polar surface area (TPSA) is 83.8 Å². The fraction of sp³-hybridized carbons (Fsp3) is 0.543. The van der Waals surface area contributed by atoms with Gasteiger partial charge in [0.05, 0.1) is 11.0 Å². The number of hydrogen-bond acceptors (Lipinski definition) is 5. The molecule has 2 aromatic carbocycles. The zero-order valence-corrected chi connectivity index (χ0v) is 25.5. The van der Waals surface area contributed by atoms with Crippen molar-refractivity contribution in [1.29, 1.82) is 0 Å². The smallest absolute Gasteiger partial charge is 0.322 e. The van der Waals surface area contributed by atoms with Gasteiger partial charge in [0.25, 0.3) is 5.89 Å². The molecule has 1 heterocycles. The minimum atomic E-state index is -3.17. The highest BCUT2D eigenvalue weighted by atomic mass is 19.3. The minimum absolute atomic E-state index is 0.0932. The molecule has 0 aliphatic heterocycles. The van der Waals surface area contributed by atoms with E-state index < -0.39 is 22.8 Å². The lowest BCUT2D eigenvalue weighted by Crippen LogP contribution is -2.71. The molecule has 0 radical (unpaired) electrons. The van der Waals surface area contributed by atoms with Gasteiger partial charge in [-0.25, -0.2) is 6.57 Å². The van der Waals surface area contributed by atoms with E-state index in [2.05, 4.69) is 21.1 Å². The van der Waals surface area contributed by atoms with E-state index in [-0.39, 0.29) is 22.3 Å². The Morgan fingerprint density at radius 1 is 1.00 bits per heavy atom. The van der Waals surface area contributed by atoms with E-state index in [1.54, 1.807) is 13.8 Å². The molecule has 9 heteroatoms. The van der Waals surface area contributed by atoms with Crippen molar-refractivity contribution in [2.75, 3.05) is 11.4 Å². The van der Waals surface area contributed by atoms with E-state index in [1.807, 2.05) is 47.4 Å². The SMILES string of the molecule is [C-]#[N+]C12CC(C(=O)N(CC34CCC(c5noc(C(C)(F)F)n5)(CC3)CC4)c3cccc(-c4ccc(C(C)(C)O)cc4)c3)(C1)C2. The maximum Gasteiger partial charge on any atom is 0.322 e. The summed E-state index contributed by atoms with van der Waals surface area (Å²) in [5.74, 6) is -3.31. The largest absolute Gasteiger partial charge is 0.386 e. The molecule has 6 aliphatic rings. The number of anilines is 1. The molecule has 6 fully saturated rings. The van der Waals surface area contributed by atoms with Gasteiger partial charge < -0.3 is 19.4 Å². The molecule has 0 spiro atoms. The third-order valence-electron chi connectivity index (χ3n) is 11.2. The molecule has 6 saturated carbocycles. The summed E-state index contributed by atoms with van der Waals surface area (Å²) in [6, 6.07) is 16.0. The Labute approximate surface area is 256 Å². The first-order valence-electron chi connectivity index (χ1n) is 15.6. The molecule has 3 aromatic rings. The number of aromatic nitrogens is 2. The van der Waals surface area contributed by atoms with Crippen molar-refractivity contribution in [3.63, 3.8) is 0 Å². The third kappa shape index (κ3) is 4.56. The van der Waals surface area contributed by atoms with Crippen molar-refractivity contribution < 1.29 is 23.2 Å². The lowest BCUT2D eigenvalue weighted by molar-refractivity contribution is -0.162. The molecule has 4 bridgehead atoms. The quantitative estimate of drug-likeness (QED) is 0.270. The molecule has 230 valence electrons. The van der Waals surface area contributed by atoms with E-state index in [1.165, 1.54) is 0 Å². The number of nitrogens with zero attached hydrogens (tertiary/aromatic N) is 4. The monoisotopic (exact) mass is 600 g/mol. The first-order valence-corrected chi connectivity index (χ1v) is 15.6. The molecule has 44 heavy (non-hydrogen) atoms. The summed E-state index contributed by atoms with van der Waals surface area (Å²) in [5.41, 5.74) is 1.48. The van der Waals surface area contributed by atoms with Crippen molar-refractivity contribution in [2.24, 2.45) is 10.8 Å². The van der Waals surface area contributed by atoms with Gasteiger partial charge in [-0.3, -0.25) is 4.79 Å². The van der Waals surface area contributed by atoms with Crippen LogP contribution in [0.1, 0.15) is 95.8 Å². The van der Waals surface area contributed by atoms with Crippen molar-refractivity contribution in [1.82, 2.24) is 10.1 Å². The first-order chi connectivity index (χ1) is 20.7. The van der Waals surface area contributed by atoms with E-state index >= 15 is 0 Å². The number of halogens is 2. The predicted octanol–water partition coefficient (Wildman–Crippen LogP) is 7.54. The van der Waals surface area contributed by atoms with Crippen LogP contribution in [0.5, 0.6) is 0 Å². The van der Waals surface area contributed by atoms with Gasteiger partial charge in [0.15, 0.2) is 5.82 Å². The average molecular weight is 601 g/mol. The summed E-state index contributed by atoms with van der Waals surface area (Å²) in [5, 5.41) is 14.4. The Bertz CT molecular complexity index is 1620. The van der Waals surface area contributed by atoms with Crippen LogP contribution in [0.3, 0.4) is 0 Å². The molecule has 0 atom stereocenters. The number of fused-ring (bicyclic) bond motifs is 3. The maximum absolute atomic E-state index is 14.4. The summed E-state index contributed by atoms with van der Waals surface area (Å²) in [6.45, 7) is 12.5. The molecule has 1 amide bonds. The molecule has 1 N–H and O–H groups in total. The van der Waals surface area contributed by atoms with Gasteiger partial charge in [-0.1, -0.05) is 41.6 Å². The van der Waals surface area contributed by atoms with Crippen LogP contribution in [0, 0.1) is 17.4 Å². The Hall–Kier alpha value is -3.64. The number of benzene rings is 2. The fourth-order valence-electron chi connectivity index (χ4n) is 8.36. The summed E-state index contributed by atoms with van der Waals surface area (Å²) < 4.78 is 32.6. The van der Waals surface area contributed by atoms with Gasteiger partial charge >= 0.3 is 5.92 Å². The number of carbonyl (C=O) groups is 1. The third-order valence-corrected chi connectivity index (χ3v) is 11.2. The highest BCUT2D eigenvalue weighted by Crippen LogP contribution is 2.70. The average Bonchev–Trinajstić information content (AvgIpc) is 3.48. The second-order valence-electron chi connectivity index (χ2n) is 14.8. The number of hydrogen-bond donors (Lipinski definition) is 1. The van der Waals surface area contributed by atoms with Gasteiger partial charge in [0.2, 0.25) is 11.4 Å². The number of amides is 1. The van der Waals surface area contributed by atoms with E-state index in [0.717, 1.165) is 67.8 Å². The molecule has 0 saturated heterocycles. The highest BCUT2D eigenvalue weighted by Gasteiger charge is 2.78. The maximum atomic E-state index is 14.4. The lowest BCUT2D eigenvalue weighted by Gasteiger charge is -2.62. The molecular weight excluding hydrogens is 562 g/mol. The number of aliphatic hydroxyl groups is 1. The van der Waals surface area contributed by atoms with Gasteiger partial charge in [-0.15, -0.1) is 0 Å². The second kappa shape index (κ2) is 9.43. The zero-order chi connectivity index (χ0) is 31.2. The second-order valence-corrected chi connectivity index (χ2v) is 14.8. The molecule has 7 nitrogen and oxygen atoms in total. The fourth-order valence-corrected chi connectivity index (χ4v) is 8.36. The Kier molecular flexibility index (Phi) is 6.24. The van der Waals surface area contributed by atoms with Crippen LogP contribution in [0.4, 0.5) is 14.5 Å². The van der Waals surface area contributed by atoms with E-state index in [4.69, 9.17) is 11.1 Å². The number of rotatable bonds is 8. The Balaban J connectivity index is 1.16.